The van der Waals surface area contributed by atoms with Crippen LogP contribution in [0.4, 0.5) is 5.69 Å². The van der Waals surface area contributed by atoms with Gasteiger partial charge in [-0.15, -0.1) is 0 Å². The number of benzene rings is 1. The molecule has 0 aliphatic carbocycles. The highest BCUT2D eigenvalue weighted by molar-refractivity contribution is 7.80. The fraction of sp³-hybridized carbons (Fsp3) is 0.200. The molecule has 15 heavy (non-hydrogen) atoms. The SMILES string of the molecule is CCNC(=O)c1cccc(NC(N)=S)c1. The molecule has 4 nitrogen and oxygen atoms in total. The zero-order valence-electron chi connectivity index (χ0n) is 8.41. The Morgan fingerprint density at radius 3 is 2.87 bits per heavy atom. The van der Waals surface area contributed by atoms with Crippen molar-refractivity contribution >= 4 is 28.9 Å². The molecule has 0 radical (unpaired) electrons. The molecule has 0 heterocycles. The Morgan fingerprint density at radius 2 is 2.27 bits per heavy atom. The second kappa shape index (κ2) is 5.31. The fourth-order valence-electron chi connectivity index (χ4n) is 1.14. The molecule has 0 fully saturated rings. The molecule has 0 unspecified atom stereocenters. The van der Waals surface area contributed by atoms with Crippen LogP contribution < -0.4 is 16.4 Å². The molecule has 0 saturated carbocycles. The van der Waals surface area contributed by atoms with E-state index in [2.05, 4.69) is 10.6 Å². The number of nitrogens with one attached hydrogen (secondary N) is 2. The summed E-state index contributed by atoms with van der Waals surface area (Å²) < 4.78 is 0. The van der Waals surface area contributed by atoms with Crippen LogP contribution in [0.3, 0.4) is 0 Å². The summed E-state index contributed by atoms with van der Waals surface area (Å²) in [7, 11) is 0. The summed E-state index contributed by atoms with van der Waals surface area (Å²) >= 11 is 4.70. The molecule has 1 aromatic carbocycles. The predicted molar refractivity (Wildman–Crippen MR) is 64.9 cm³/mol. The Hall–Kier alpha value is -1.62. The van der Waals surface area contributed by atoms with Gasteiger partial charge in [0.25, 0.3) is 5.91 Å². The number of amides is 1. The molecule has 0 saturated heterocycles. The number of thiocarbonyl (C=S) groups is 1. The Kier molecular flexibility index (Phi) is 4.05. The second-order valence-corrected chi connectivity index (χ2v) is 3.37. The van der Waals surface area contributed by atoms with E-state index in [0.717, 1.165) is 0 Å². The van der Waals surface area contributed by atoms with Gasteiger partial charge in [-0.2, -0.15) is 0 Å². The number of rotatable bonds is 3. The Balaban J connectivity index is 2.82. The van der Waals surface area contributed by atoms with Gasteiger partial charge < -0.3 is 16.4 Å². The highest BCUT2D eigenvalue weighted by atomic mass is 32.1. The van der Waals surface area contributed by atoms with Crippen molar-refractivity contribution in [2.45, 2.75) is 6.92 Å². The zero-order chi connectivity index (χ0) is 11.3. The molecule has 0 aliphatic rings. The first-order valence-corrected chi connectivity index (χ1v) is 4.99. The van der Waals surface area contributed by atoms with E-state index in [4.69, 9.17) is 18.0 Å². The smallest absolute Gasteiger partial charge is 0.251 e. The van der Waals surface area contributed by atoms with Gasteiger partial charge in [-0.1, -0.05) is 6.07 Å². The first-order valence-electron chi connectivity index (χ1n) is 4.58. The minimum atomic E-state index is -0.107. The van der Waals surface area contributed by atoms with E-state index in [1.54, 1.807) is 24.3 Å². The number of anilines is 1. The van der Waals surface area contributed by atoms with Gasteiger partial charge in [-0.25, -0.2) is 0 Å². The van der Waals surface area contributed by atoms with Crippen LogP contribution >= 0.6 is 12.2 Å². The van der Waals surface area contributed by atoms with Crippen molar-refractivity contribution < 1.29 is 4.79 Å². The zero-order valence-corrected chi connectivity index (χ0v) is 9.23. The number of hydrogen-bond acceptors (Lipinski definition) is 2. The van der Waals surface area contributed by atoms with E-state index >= 15 is 0 Å². The van der Waals surface area contributed by atoms with Crippen LogP contribution in [0, 0.1) is 0 Å². The molecule has 5 heteroatoms. The van der Waals surface area contributed by atoms with Crippen molar-refractivity contribution in [1.82, 2.24) is 5.32 Å². The average molecular weight is 223 g/mol. The molecular weight excluding hydrogens is 210 g/mol. The van der Waals surface area contributed by atoms with Crippen molar-refractivity contribution in [3.8, 4) is 0 Å². The maximum absolute atomic E-state index is 11.5. The average Bonchev–Trinajstić information content (AvgIpc) is 2.17. The molecule has 0 aliphatic heterocycles. The first-order chi connectivity index (χ1) is 7.13. The van der Waals surface area contributed by atoms with Gasteiger partial charge in [0.15, 0.2) is 5.11 Å². The topological polar surface area (TPSA) is 67.2 Å². The third kappa shape index (κ3) is 3.55. The van der Waals surface area contributed by atoms with E-state index in [1.807, 2.05) is 6.92 Å². The quantitative estimate of drug-likeness (QED) is 0.671. The van der Waals surface area contributed by atoms with Crippen molar-refractivity contribution in [2.75, 3.05) is 11.9 Å². The largest absolute Gasteiger partial charge is 0.376 e. The summed E-state index contributed by atoms with van der Waals surface area (Å²) in [6, 6.07) is 6.99. The molecule has 1 amide bonds. The molecule has 0 bridgehead atoms. The van der Waals surface area contributed by atoms with Crippen LogP contribution in [-0.4, -0.2) is 17.6 Å². The van der Waals surface area contributed by atoms with Crippen molar-refractivity contribution in [1.29, 1.82) is 0 Å². The maximum Gasteiger partial charge on any atom is 0.251 e. The van der Waals surface area contributed by atoms with Crippen molar-refractivity contribution in [2.24, 2.45) is 5.73 Å². The van der Waals surface area contributed by atoms with Crippen LogP contribution in [0.2, 0.25) is 0 Å². The van der Waals surface area contributed by atoms with Gasteiger partial charge in [-0.3, -0.25) is 4.79 Å². The van der Waals surface area contributed by atoms with Gasteiger partial charge in [-0.05, 0) is 37.3 Å². The van der Waals surface area contributed by atoms with Gasteiger partial charge in [0.05, 0.1) is 0 Å². The molecule has 4 N–H and O–H groups in total. The van der Waals surface area contributed by atoms with Gasteiger partial charge >= 0.3 is 0 Å². The number of carbonyl (C=O) groups excluding carboxylic acids is 1. The predicted octanol–water partition coefficient (Wildman–Crippen LogP) is 1.09. The number of carbonyl (C=O) groups is 1. The van der Waals surface area contributed by atoms with Gasteiger partial charge in [0, 0.05) is 17.8 Å². The minimum absolute atomic E-state index is 0.107. The van der Waals surface area contributed by atoms with Crippen molar-refractivity contribution in [3.63, 3.8) is 0 Å². The summed E-state index contributed by atoms with van der Waals surface area (Å²) in [5.74, 6) is -0.107. The highest BCUT2D eigenvalue weighted by Gasteiger charge is 2.04. The Morgan fingerprint density at radius 1 is 1.53 bits per heavy atom. The molecule has 0 atom stereocenters. The lowest BCUT2D eigenvalue weighted by molar-refractivity contribution is 0.0956. The summed E-state index contributed by atoms with van der Waals surface area (Å²) in [5, 5.41) is 5.67. The summed E-state index contributed by atoms with van der Waals surface area (Å²) in [6.07, 6.45) is 0. The van der Waals surface area contributed by atoms with E-state index in [0.29, 0.717) is 17.8 Å². The lowest BCUT2D eigenvalue weighted by Gasteiger charge is -2.06. The standard InChI is InChI=1S/C10H13N3OS/c1-2-12-9(14)7-4-3-5-8(6-7)13-10(11)15/h3-6H,2H2,1H3,(H,12,14)(H3,11,13,15). The molecule has 1 aromatic rings. The summed E-state index contributed by atoms with van der Waals surface area (Å²) in [4.78, 5) is 11.5. The first kappa shape index (κ1) is 11.5. The lowest BCUT2D eigenvalue weighted by atomic mass is 10.2. The van der Waals surface area contributed by atoms with Crippen LogP contribution in [0.25, 0.3) is 0 Å². The molecule has 80 valence electrons. The van der Waals surface area contributed by atoms with E-state index in [-0.39, 0.29) is 11.0 Å². The monoisotopic (exact) mass is 223 g/mol. The number of nitrogens with two attached hydrogens (primary N) is 1. The van der Waals surface area contributed by atoms with Gasteiger partial charge in [0.1, 0.15) is 0 Å². The summed E-state index contributed by atoms with van der Waals surface area (Å²) in [5.41, 5.74) is 6.62. The third-order valence-electron chi connectivity index (χ3n) is 1.73. The number of hydrogen-bond donors (Lipinski definition) is 3. The van der Waals surface area contributed by atoms with E-state index < -0.39 is 0 Å². The van der Waals surface area contributed by atoms with Gasteiger partial charge in [0.2, 0.25) is 0 Å². The summed E-state index contributed by atoms with van der Waals surface area (Å²) in [6.45, 7) is 2.47. The molecular formula is C10H13N3OS. The van der Waals surface area contributed by atoms with Crippen LogP contribution in [-0.2, 0) is 0 Å². The Bertz CT molecular complexity index is 379. The van der Waals surface area contributed by atoms with Crippen molar-refractivity contribution in [3.05, 3.63) is 29.8 Å². The normalized spacial score (nSPS) is 9.40. The van der Waals surface area contributed by atoms with Crippen LogP contribution in [0.1, 0.15) is 17.3 Å². The Labute approximate surface area is 93.9 Å². The van der Waals surface area contributed by atoms with E-state index in [9.17, 15) is 4.79 Å². The molecule has 0 aromatic heterocycles. The highest BCUT2D eigenvalue weighted by Crippen LogP contribution is 2.10. The van der Waals surface area contributed by atoms with Crippen LogP contribution in [0.15, 0.2) is 24.3 Å². The second-order valence-electron chi connectivity index (χ2n) is 2.93. The third-order valence-corrected chi connectivity index (χ3v) is 1.83. The van der Waals surface area contributed by atoms with Crippen LogP contribution in [0.5, 0.6) is 0 Å². The minimum Gasteiger partial charge on any atom is -0.376 e. The maximum atomic E-state index is 11.5. The molecule has 0 spiro atoms. The van der Waals surface area contributed by atoms with E-state index in [1.165, 1.54) is 0 Å². The molecule has 1 rings (SSSR count). The lowest BCUT2D eigenvalue weighted by Crippen LogP contribution is -2.23. The fourth-order valence-corrected chi connectivity index (χ4v) is 1.26.